The predicted octanol–water partition coefficient (Wildman–Crippen LogP) is 9.43. The first-order valence-electron chi connectivity index (χ1n) is 20.3. The van der Waals surface area contributed by atoms with E-state index in [1.807, 2.05) is 34.6 Å². The van der Waals surface area contributed by atoms with Gasteiger partial charge in [0.1, 0.15) is 28.2 Å². The van der Waals surface area contributed by atoms with Crippen molar-refractivity contribution in [3.05, 3.63) is 97.9 Å². The average molecular weight is 815 g/mol. The lowest BCUT2D eigenvalue weighted by molar-refractivity contribution is 0.139. The first-order valence-corrected chi connectivity index (χ1v) is 20.3. The van der Waals surface area contributed by atoms with Gasteiger partial charge in [-0.3, -0.25) is 14.3 Å². The number of halogens is 4. The summed E-state index contributed by atoms with van der Waals surface area (Å²) in [7, 11) is 1.88. The normalized spacial score (nSPS) is 19.1. The molecule has 8 aromatic heterocycles. The Morgan fingerprint density at radius 2 is 1.47 bits per heavy atom. The van der Waals surface area contributed by atoms with Crippen LogP contribution in [0.15, 0.2) is 86.4 Å². The van der Waals surface area contributed by atoms with Crippen molar-refractivity contribution >= 4 is 22.3 Å². The van der Waals surface area contributed by atoms with E-state index in [1.165, 1.54) is 18.3 Å². The highest BCUT2D eigenvalue weighted by Gasteiger charge is 2.37. The zero-order chi connectivity index (χ0) is 41.2. The first kappa shape index (κ1) is 37.9. The van der Waals surface area contributed by atoms with Gasteiger partial charge in [0.05, 0.1) is 43.0 Å². The molecule has 2 unspecified atom stereocenters. The SMILES string of the molecule is Cn1cnc2cc(-c3nccc(F)c3-c3cnn(CC4(C)CCC(Cn5cnc6cc(-c7nc(C(F)F)ccc7-c7cnn(CC8(F)CCCC8)c7)cnc65)C4)c3)cnc21. The highest BCUT2D eigenvalue weighted by molar-refractivity contribution is 5.86. The zero-order valence-corrected chi connectivity index (χ0v) is 33.2. The van der Waals surface area contributed by atoms with E-state index in [0.29, 0.717) is 93.3 Å². The van der Waals surface area contributed by atoms with E-state index in [-0.39, 0.29) is 17.7 Å². The standard InChI is InChI=1S/C44H42F4N12/c1-43(23-59-22-31(19-55-59)37-33(45)8-12-49-39(37)29-14-35-41(50-17-29)57(2)25-52-35)11-7-27(15-43)20-58-26-53-36-13-28(16-51-42(36)58)38-32(5-6-34(56-38)40(46)47)30-18-54-60(21-30)24-44(48)9-3-4-10-44/h5-6,8,12-14,16-19,21-22,25-27,40H,3-4,7,9-11,15,20,23-24H2,1-2H3. The molecule has 8 heterocycles. The molecule has 16 heteroatoms. The largest absolute Gasteiger partial charge is 0.318 e. The molecule has 0 bridgehead atoms. The number of aromatic nitrogens is 12. The minimum Gasteiger partial charge on any atom is -0.318 e. The summed E-state index contributed by atoms with van der Waals surface area (Å²) in [6, 6.07) is 7.99. The Morgan fingerprint density at radius 3 is 2.27 bits per heavy atom. The number of aryl methyl sites for hydroxylation is 1. The van der Waals surface area contributed by atoms with Gasteiger partial charge in [0.15, 0.2) is 11.3 Å². The van der Waals surface area contributed by atoms with Crippen LogP contribution >= 0.6 is 0 Å². The minimum atomic E-state index is -2.76. The lowest BCUT2D eigenvalue weighted by Crippen LogP contribution is -2.25. The molecule has 0 radical (unpaired) electrons. The van der Waals surface area contributed by atoms with E-state index < -0.39 is 17.9 Å². The molecule has 10 rings (SSSR count). The second-order valence-electron chi connectivity index (χ2n) is 17.0. The third-order valence-electron chi connectivity index (χ3n) is 12.3. The maximum absolute atomic E-state index is 15.5. The monoisotopic (exact) mass is 814 g/mol. The Balaban J connectivity index is 0.850. The van der Waals surface area contributed by atoms with E-state index in [2.05, 4.69) is 46.6 Å². The Bertz CT molecular complexity index is 2870. The number of alkyl halides is 3. The van der Waals surface area contributed by atoms with Gasteiger partial charge < -0.3 is 9.13 Å². The number of pyridine rings is 4. The van der Waals surface area contributed by atoms with Crippen molar-refractivity contribution in [3.8, 4) is 44.8 Å². The lowest BCUT2D eigenvalue weighted by Gasteiger charge is -2.24. The van der Waals surface area contributed by atoms with Crippen LogP contribution in [0.4, 0.5) is 17.6 Å². The van der Waals surface area contributed by atoms with Gasteiger partial charge in [-0.2, -0.15) is 10.2 Å². The first-order chi connectivity index (χ1) is 29.0. The molecule has 2 saturated carbocycles. The fraction of sp³-hybridized carbons (Fsp3) is 0.364. The zero-order valence-electron chi connectivity index (χ0n) is 33.2. The van der Waals surface area contributed by atoms with Crippen molar-refractivity contribution in [2.45, 2.75) is 83.6 Å². The van der Waals surface area contributed by atoms with Crippen LogP contribution in [0.25, 0.3) is 67.1 Å². The molecule has 8 aromatic rings. The van der Waals surface area contributed by atoms with Crippen molar-refractivity contribution < 1.29 is 17.6 Å². The van der Waals surface area contributed by atoms with Crippen LogP contribution in [-0.4, -0.2) is 64.3 Å². The highest BCUT2D eigenvalue weighted by atomic mass is 19.3. The lowest BCUT2D eigenvalue weighted by atomic mass is 9.87. The molecule has 0 spiro atoms. The van der Waals surface area contributed by atoms with Gasteiger partial charge >= 0.3 is 0 Å². The van der Waals surface area contributed by atoms with Gasteiger partial charge in [-0.15, -0.1) is 0 Å². The highest BCUT2D eigenvalue weighted by Crippen LogP contribution is 2.44. The van der Waals surface area contributed by atoms with Crippen LogP contribution in [0.3, 0.4) is 0 Å². The number of rotatable bonds is 11. The van der Waals surface area contributed by atoms with Gasteiger partial charge in [-0.25, -0.2) is 42.5 Å². The van der Waals surface area contributed by atoms with Crippen LogP contribution in [0.5, 0.6) is 0 Å². The number of nitrogens with zero attached hydrogens (tertiary/aromatic N) is 12. The average Bonchev–Trinajstić information content (AvgIpc) is 4.12. The molecule has 0 saturated heterocycles. The summed E-state index contributed by atoms with van der Waals surface area (Å²) < 4.78 is 66.0. The molecule has 306 valence electrons. The van der Waals surface area contributed by atoms with Crippen molar-refractivity contribution in [1.29, 1.82) is 0 Å². The van der Waals surface area contributed by atoms with E-state index in [1.54, 1.807) is 54.4 Å². The van der Waals surface area contributed by atoms with Crippen LogP contribution in [0, 0.1) is 17.2 Å². The van der Waals surface area contributed by atoms with E-state index in [0.717, 1.165) is 37.8 Å². The number of hydrogen-bond acceptors (Lipinski definition) is 8. The summed E-state index contributed by atoms with van der Waals surface area (Å²) in [6.45, 7) is 3.79. The molecular formula is C44H42F4N12. The van der Waals surface area contributed by atoms with E-state index >= 15 is 8.78 Å². The van der Waals surface area contributed by atoms with Crippen LogP contribution in [-0.2, 0) is 26.7 Å². The van der Waals surface area contributed by atoms with Crippen molar-refractivity contribution in [2.24, 2.45) is 18.4 Å². The second kappa shape index (κ2) is 14.7. The maximum atomic E-state index is 15.5. The molecule has 2 fully saturated rings. The summed E-state index contributed by atoms with van der Waals surface area (Å²) >= 11 is 0. The summed E-state index contributed by atoms with van der Waals surface area (Å²) in [5.41, 5.74) is 5.37. The van der Waals surface area contributed by atoms with E-state index in [9.17, 15) is 8.78 Å². The van der Waals surface area contributed by atoms with Crippen molar-refractivity contribution in [3.63, 3.8) is 0 Å². The molecule has 0 amide bonds. The third kappa shape index (κ3) is 7.11. The Hall–Kier alpha value is -6.32. The number of imidazole rings is 2. The fourth-order valence-corrected chi connectivity index (χ4v) is 9.39. The number of fused-ring (bicyclic) bond motifs is 2. The Labute approximate surface area is 342 Å². The van der Waals surface area contributed by atoms with Crippen molar-refractivity contribution in [2.75, 3.05) is 0 Å². The second-order valence-corrected chi connectivity index (χ2v) is 17.0. The maximum Gasteiger partial charge on any atom is 0.280 e. The molecule has 0 N–H and O–H groups in total. The van der Waals surface area contributed by atoms with Crippen LogP contribution < -0.4 is 0 Å². The van der Waals surface area contributed by atoms with E-state index in [4.69, 9.17) is 4.98 Å². The molecule has 12 nitrogen and oxygen atoms in total. The predicted molar refractivity (Wildman–Crippen MR) is 218 cm³/mol. The van der Waals surface area contributed by atoms with Gasteiger partial charge in [0, 0.05) is 84.5 Å². The molecule has 0 aromatic carbocycles. The molecule has 2 aliphatic carbocycles. The summed E-state index contributed by atoms with van der Waals surface area (Å²) in [5.74, 6) is -0.0426. The Kier molecular flexibility index (Phi) is 9.32. The van der Waals surface area contributed by atoms with Gasteiger partial charge in [0.25, 0.3) is 6.43 Å². The third-order valence-corrected chi connectivity index (χ3v) is 12.3. The summed E-state index contributed by atoms with van der Waals surface area (Å²) in [6.07, 6.45) is 18.1. The summed E-state index contributed by atoms with van der Waals surface area (Å²) in [4.78, 5) is 27.3. The smallest absolute Gasteiger partial charge is 0.280 e. The topological polar surface area (TPSA) is 123 Å². The summed E-state index contributed by atoms with van der Waals surface area (Å²) in [5, 5.41) is 9.08. The molecule has 0 aliphatic heterocycles. The number of hydrogen-bond donors (Lipinski definition) is 0. The van der Waals surface area contributed by atoms with Gasteiger partial charge in [0.2, 0.25) is 0 Å². The molecule has 2 atom stereocenters. The van der Waals surface area contributed by atoms with Crippen LogP contribution in [0.1, 0.15) is 64.0 Å². The molecule has 60 heavy (non-hydrogen) atoms. The Morgan fingerprint density at radius 1 is 0.767 bits per heavy atom. The quantitative estimate of drug-likeness (QED) is 0.118. The fourth-order valence-electron chi connectivity index (χ4n) is 9.39. The molecular weight excluding hydrogens is 773 g/mol. The van der Waals surface area contributed by atoms with Gasteiger partial charge in [-0.1, -0.05) is 25.8 Å². The van der Waals surface area contributed by atoms with Crippen molar-refractivity contribution in [1.82, 2.24) is 58.6 Å². The molecule has 2 aliphatic rings. The van der Waals surface area contributed by atoms with Crippen LogP contribution in [0.2, 0.25) is 0 Å². The van der Waals surface area contributed by atoms with Gasteiger partial charge in [-0.05, 0) is 67.7 Å². The minimum absolute atomic E-state index is 0.0529.